The van der Waals surface area contributed by atoms with Gasteiger partial charge >= 0.3 is 0 Å². The van der Waals surface area contributed by atoms with E-state index in [4.69, 9.17) is 0 Å². The average Bonchev–Trinajstić information content (AvgIpc) is 2.66. The summed E-state index contributed by atoms with van der Waals surface area (Å²) in [6.45, 7) is 11.1. The maximum absolute atomic E-state index is 4.36. The predicted octanol–water partition coefficient (Wildman–Crippen LogP) is 3.53. The molecule has 0 fully saturated rings. The molecule has 16 heavy (non-hydrogen) atoms. The monoisotopic (exact) mass is 223 g/mol. The first kappa shape index (κ1) is 13.1. The smallest absolute Gasteiger partial charge is 0.202 e. The molecule has 0 amide bonds. The number of hydrogen-bond donors (Lipinski definition) is 1. The van der Waals surface area contributed by atoms with Gasteiger partial charge in [-0.1, -0.05) is 34.1 Å². The quantitative estimate of drug-likeness (QED) is 0.717. The first-order chi connectivity index (χ1) is 7.59. The van der Waals surface area contributed by atoms with Gasteiger partial charge in [0.1, 0.15) is 0 Å². The number of nitrogens with zero attached hydrogens (tertiary/aromatic N) is 2. The van der Waals surface area contributed by atoms with Crippen LogP contribution in [0.1, 0.15) is 47.0 Å². The fourth-order valence-corrected chi connectivity index (χ4v) is 1.55. The molecule has 0 aliphatic rings. The second kappa shape index (κ2) is 5.92. The van der Waals surface area contributed by atoms with Crippen molar-refractivity contribution in [2.24, 2.45) is 5.41 Å². The minimum atomic E-state index is 0.335. The van der Waals surface area contributed by atoms with Gasteiger partial charge in [0.05, 0.1) is 0 Å². The standard InChI is InChI=1S/C13H25N3/c1-5-7-8-14-12-15-9-10-16(12)11-13(3,4)6-2/h9-10H,5-8,11H2,1-4H3,(H,14,15). The van der Waals surface area contributed by atoms with Crippen LogP contribution in [0.4, 0.5) is 5.95 Å². The van der Waals surface area contributed by atoms with E-state index in [0.717, 1.165) is 19.0 Å². The molecule has 0 aromatic carbocycles. The number of unbranched alkanes of at least 4 members (excludes halogenated alkanes) is 1. The molecule has 1 aromatic rings. The van der Waals surface area contributed by atoms with Crippen molar-refractivity contribution in [2.75, 3.05) is 11.9 Å². The lowest BCUT2D eigenvalue weighted by molar-refractivity contribution is 0.296. The minimum absolute atomic E-state index is 0.335. The summed E-state index contributed by atoms with van der Waals surface area (Å²) >= 11 is 0. The predicted molar refractivity (Wildman–Crippen MR) is 69.7 cm³/mol. The Morgan fingerprint density at radius 1 is 1.38 bits per heavy atom. The van der Waals surface area contributed by atoms with Crippen LogP contribution in [0.3, 0.4) is 0 Å². The van der Waals surface area contributed by atoms with Crippen molar-refractivity contribution in [3.63, 3.8) is 0 Å². The van der Waals surface area contributed by atoms with Crippen molar-refractivity contribution >= 4 is 5.95 Å². The molecule has 0 atom stereocenters. The SMILES string of the molecule is CCCCNc1nccn1CC(C)(C)CC. The molecular formula is C13H25N3. The zero-order chi connectivity index (χ0) is 12.0. The topological polar surface area (TPSA) is 29.9 Å². The van der Waals surface area contributed by atoms with E-state index < -0.39 is 0 Å². The Kier molecular flexibility index (Phi) is 4.84. The van der Waals surface area contributed by atoms with Crippen molar-refractivity contribution in [3.05, 3.63) is 12.4 Å². The molecule has 3 nitrogen and oxygen atoms in total. The molecule has 0 bridgehead atoms. The van der Waals surface area contributed by atoms with E-state index in [1.165, 1.54) is 19.3 Å². The maximum atomic E-state index is 4.36. The Morgan fingerprint density at radius 2 is 2.12 bits per heavy atom. The van der Waals surface area contributed by atoms with Crippen LogP contribution in [0.5, 0.6) is 0 Å². The Hall–Kier alpha value is -0.990. The Balaban J connectivity index is 2.56. The molecule has 3 heteroatoms. The van der Waals surface area contributed by atoms with E-state index in [9.17, 15) is 0 Å². The molecule has 0 spiro atoms. The highest BCUT2D eigenvalue weighted by Gasteiger charge is 2.17. The summed E-state index contributed by atoms with van der Waals surface area (Å²) in [5, 5.41) is 3.39. The van der Waals surface area contributed by atoms with E-state index in [1.807, 2.05) is 6.20 Å². The third kappa shape index (κ3) is 3.87. The van der Waals surface area contributed by atoms with Gasteiger partial charge < -0.3 is 9.88 Å². The summed E-state index contributed by atoms with van der Waals surface area (Å²) in [6, 6.07) is 0. The Morgan fingerprint density at radius 3 is 2.75 bits per heavy atom. The van der Waals surface area contributed by atoms with E-state index >= 15 is 0 Å². The van der Waals surface area contributed by atoms with Crippen LogP contribution in [0.15, 0.2) is 12.4 Å². The van der Waals surface area contributed by atoms with Crippen LogP contribution in [0.25, 0.3) is 0 Å². The largest absolute Gasteiger partial charge is 0.356 e. The third-order valence-corrected chi connectivity index (χ3v) is 3.08. The zero-order valence-corrected chi connectivity index (χ0v) is 11.1. The van der Waals surface area contributed by atoms with Crippen molar-refractivity contribution < 1.29 is 0 Å². The lowest BCUT2D eigenvalue weighted by Crippen LogP contribution is -2.20. The zero-order valence-electron chi connectivity index (χ0n) is 11.1. The number of imidazole rings is 1. The van der Waals surface area contributed by atoms with Crippen LogP contribution in [0.2, 0.25) is 0 Å². The number of anilines is 1. The van der Waals surface area contributed by atoms with Gasteiger partial charge in [-0.05, 0) is 18.3 Å². The summed E-state index contributed by atoms with van der Waals surface area (Å²) in [7, 11) is 0. The highest BCUT2D eigenvalue weighted by atomic mass is 15.2. The van der Waals surface area contributed by atoms with E-state index in [-0.39, 0.29) is 0 Å². The number of hydrogen-bond acceptors (Lipinski definition) is 2. The molecule has 1 heterocycles. The lowest BCUT2D eigenvalue weighted by Gasteiger charge is -2.24. The van der Waals surface area contributed by atoms with Gasteiger partial charge in [0.2, 0.25) is 5.95 Å². The molecule has 0 saturated heterocycles. The van der Waals surface area contributed by atoms with Gasteiger partial charge in [-0.25, -0.2) is 4.98 Å². The molecule has 1 rings (SSSR count). The lowest BCUT2D eigenvalue weighted by atomic mass is 9.90. The first-order valence-electron chi connectivity index (χ1n) is 6.34. The maximum Gasteiger partial charge on any atom is 0.202 e. The Bertz CT molecular complexity index is 302. The van der Waals surface area contributed by atoms with E-state index in [1.54, 1.807) is 0 Å². The van der Waals surface area contributed by atoms with Gasteiger partial charge in [-0.3, -0.25) is 0 Å². The summed E-state index contributed by atoms with van der Waals surface area (Å²) < 4.78 is 2.22. The van der Waals surface area contributed by atoms with Crippen molar-refractivity contribution in [1.29, 1.82) is 0 Å². The average molecular weight is 223 g/mol. The third-order valence-electron chi connectivity index (χ3n) is 3.08. The van der Waals surface area contributed by atoms with Crippen molar-refractivity contribution in [1.82, 2.24) is 9.55 Å². The Labute approximate surface area is 99.3 Å². The molecule has 92 valence electrons. The van der Waals surface area contributed by atoms with Gasteiger partial charge in [-0.15, -0.1) is 0 Å². The minimum Gasteiger partial charge on any atom is -0.356 e. The molecule has 0 aliphatic heterocycles. The number of aromatic nitrogens is 2. The van der Waals surface area contributed by atoms with E-state index in [2.05, 4.69) is 48.8 Å². The fraction of sp³-hybridized carbons (Fsp3) is 0.769. The van der Waals surface area contributed by atoms with Crippen LogP contribution < -0.4 is 5.32 Å². The summed E-state index contributed by atoms with van der Waals surface area (Å²) in [4.78, 5) is 4.36. The van der Waals surface area contributed by atoms with Crippen molar-refractivity contribution in [3.8, 4) is 0 Å². The second-order valence-electron chi connectivity index (χ2n) is 5.18. The highest BCUT2D eigenvalue weighted by Crippen LogP contribution is 2.23. The summed E-state index contributed by atoms with van der Waals surface area (Å²) in [5.41, 5.74) is 0.335. The molecule has 0 saturated carbocycles. The molecule has 0 unspecified atom stereocenters. The summed E-state index contributed by atoms with van der Waals surface area (Å²) in [5.74, 6) is 1.01. The van der Waals surface area contributed by atoms with Crippen LogP contribution in [-0.2, 0) is 6.54 Å². The van der Waals surface area contributed by atoms with Gasteiger partial charge in [-0.2, -0.15) is 0 Å². The highest BCUT2D eigenvalue weighted by molar-refractivity contribution is 5.25. The number of rotatable bonds is 7. The normalized spacial score (nSPS) is 11.8. The van der Waals surface area contributed by atoms with Gasteiger partial charge in [0.15, 0.2) is 0 Å². The molecule has 0 radical (unpaired) electrons. The van der Waals surface area contributed by atoms with Crippen LogP contribution in [-0.4, -0.2) is 16.1 Å². The molecule has 1 aromatic heterocycles. The van der Waals surface area contributed by atoms with Crippen LogP contribution in [0, 0.1) is 5.41 Å². The van der Waals surface area contributed by atoms with Gasteiger partial charge in [0, 0.05) is 25.5 Å². The van der Waals surface area contributed by atoms with E-state index in [0.29, 0.717) is 5.41 Å². The summed E-state index contributed by atoms with van der Waals surface area (Å²) in [6.07, 6.45) is 7.53. The molecular weight excluding hydrogens is 198 g/mol. The first-order valence-corrected chi connectivity index (χ1v) is 6.34. The van der Waals surface area contributed by atoms with Crippen LogP contribution >= 0.6 is 0 Å². The second-order valence-corrected chi connectivity index (χ2v) is 5.18. The van der Waals surface area contributed by atoms with Crippen molar-refractivity contribution in [2.45, 2.75) is 53.5 Å². The molecule has 0 aliphatic carbocycles. The fourth-order valence-electron chi connectivity index (χ4n) is 1.55. The van der Waals surface area contributed by atoms with Gasteiger partial charge in [0.25, 0.3) is 0 Å². The molecule has 1 N–H and O–H groups in total. The number of nitrogens with one attached hydrogen (secondary N) is 1.